The third-order valence-electron chi connectivity index (χ3n) is 3.72. The monoisotopic (exact) mass is 321 g/mol. The third-order valence-corrected chi connectivity index (χ3v) is 3.72. The van der Waals surface area contributed by atoms with Gasteiger partial charge in [-0.3, -0.25) is 14.4 Å². The fourth-order valence-corrected chi connectivity index (χ4v) is 2.66. The zero-order valence-corrected chi connectivity index (χ0v) is 12.3. The minimum atomic E-state index is -4.50. The molecule has 0 N–H and O–H groups in total. The Hall–Kier alpha value is -2.57. The lowest BCUT2D eigenvalue weighted by Gasteiger charge is -2.16. The predicted octanol–water partition coefficient (Wildman–Crippen LogP) is 2.78. The Balaban J connectivity index is 2.05. The largest absolute Gasteiger partial charge is 0.431 e. The lowest BCUT2D eigenvalue weighted by molar-refractivity contribution is -0.0608. The molecule has 1 aromatic heterocycles. The van der Waals surface area contributed by atoms with Gasteiger partial charge in [0.15, 0.2) is 5.71 Å². The van der Waals surface area contributed by atoms with Crippen molar-refractivity contribution in [3.63, 3.8) is 0 Å². The van der Waals surface area contributed by atoms with Crippen molar-refractivity contribution in [3.05, 3.63) is 64.6 Å². The van der Waals surface area contributed by atoms with Crippen LogP contribution in [-0.4, -0.2) is 35.1 Å². The summed E-state index contributed by atoms with van der Waals surface area (Å²) in [6, 6.07) is 11.5. The summed E-state index contributed by atoms with van der Waals surface area (Å²) in [4.78, 5) is 12.0. The number of para-hydroxylation sites is 1. The van der Waals surface area contributed by atoms with Crippen LogP contribution in [0.3, 0.4) is 0 Å². The van der Waals surface area contributed by atoms with Crippen molar-refractivity contribution in [1.82, 2.24) is 9.58 Å². The highest BCUT2D eigenvalue weighted by Crippen LogP contribution is 2.33. The van der Waals surface area contributed by atoms with Crippen LogP contribution in [0.5, 0.6) is 0 Å². The molecule has 1 aliphatic rings. The van der Waals surface area contributed by atoms with E-state index in [9.17, 15) is 18.0 Å². The summed E-state index contributed by atoms with van der Waals surface area (Å²) in [5.74, 6) is -0.907. The van der Waals surface area contributed by atoms with Crippen molar-refractivity contribution in [3.8, 4) is 5.69 Å². The number of aromatic nitrogens is 1. The molecule has 0 spiro atoms. The molecule has 1 aromatic carbocycles. The lowest BCUT2D eigenvalue weighted by atomic mass is 9.95. The van der Waals surface area contributed by atoms with Crippen LogP contribution >= 0.6 is 0 Å². The van der Waals surface area contributed by atoms with E-state index in [1.807, 2.05) is 0 Å². The molecular weight excluding hydrogens is 307 g/mol. The summed E-state index contributed by atoms with van der Waals surface area (Å²) in [5, 5.41) is 4.85. The van der Waals surface area contributed by atoms with Crippen molar-refractivity contribution in [1.29, 1.82) is 0 Å². The molecule has 0 radical (unpaired) electrons. The van der Waals surface area contributed by atoms with Gasteiger partial charge in [-0.25, -0.2) is 0 Å². The Morgan fingerprint density at radius 2 is 1.83 bits per heavy atom. The highest BCUT2D eigenvalue weighted by molar-refractivity contribution is 5.96. The number of benzene rings is 1. The van der Waals surface area contributed by atoms with Crippen molar-refractivity contribution >= 4 is 5.71 Å². The number of rotatable bonds is 2. The summed E-state index contributed by atoms with van der Waals surface area (Å²) in [7, 11) is 1.50. The van der Waals surface area contributed by atoms with Gasteiger partial charge in [0.1, 0.15) is 0 Å². The second-order valence-corrected chi connectivity index (χ2v) is 5.38. The van der Waals surface area contributed by atoms with Crippen LogP contribution in [0.15, 0.2) is 58.6 Å². The molecule has 0 saturated heterocycles. The number of nitrogens with zero attached hydrogens (tertiary/aromatic N) is 3. The lowest BCUT2D eigenvalue weighted by Crippen LogP contribution is -2.29. The number of halogens is 3. The molecule has 2 heterocycles. The van der Waals surface area contributed by atoms with Gasteiger partial charge in [-0.2, -0.15) is 18.3 Å². The van der Waals surface area contributed by atoms with Gasteiger partial charge in [0.2, 0.25) is 0 Å². The molecule has 0 saturated carbocycles. The number of alkyl halides is 3. The molecule has 7 heteroatoms. The minimum absolute atomic E-state index is 0.127. The zero-order chi connectivity index (χ0) is 16.6. The fourth-order valence-electron chi connectivity index (χ4n) is 2.66. The van der Waals surface area contributed by atoms with Gasteiger partial charge in [-0.1, -0.05) is 24.3 Å². The highest BCUT2D eigenvalue weighted by atomic mass is 19.4. The standard InChI is InChI=1S/C16H14F3N3O/c1-21-10-13(15(20-21)16(17,18)19)11-7-8-14(23)22(9-11)12-5-3-2-4-6-12/h2-9,13H,10H2,1H3. The number of hydrazone groups is 1. The van der Waals surface area contributed by atoms with E-state index in [4.69, 9.17) is 0 Å². The van der Waals surface area contributed by atoms with Crippen LogP contribution in [0, 0.1) is 0 Å². The van der Waals surface area contributed by atoms with E-state index in [0.717, 1.165) is 0 Å². The average molecular weight is 321 g/mol. The first kappa shape index (κ1) is 15.3. The normalized spacial score (nSPS) is 18.2. The Kier molecular flexibility index (Phi) is 3.71. The van der Waals surface area contributed by atoms with E-state index in [2.05, 4.69) is 5.10 Å². The Bertz CT molecular complexity index is 796. The second-order valence-electron chi connectivity index (χ2n) is 5.38. The first-order valence-electron chi connectivity index (χ1n) is 7.01. The van der Waals surface area contributed by atoms with E-state index < -0.39 is 17.8 Å². The number of hydrogen-bond acceptors (Lipinski definition) is 3. The molecule has 0 bridgehead atoms. The fraction of sp³-hybridized carbons (Fsp3) is 0.250. The summed E-state index contributed by atoms with van der Waals surface area (Å²) in [6.45, 7) is 0.127. The Morgan fingerprint density at radius 3 is 2.48 bits per heavy atom. The van der Waals surface area contributed by atoms with Gasteiger partial charge in [0, 0.05) is 31.5 Å². The van der Waals surface area contributed by atoms with Gasteiger partial charge in [0.05, 0.1) is 5.92 Å². The summed E-state index contributed by atoms with van der Waals surface area (Å²) in [6.07, 6.45) is -3.04. The smallest absolute Gasteiger partial charge is 0.299 e. The van der Waals surface area contributed by atoms with E-state index in [0.29, 0.717) is 11.3 Å². The summed E-state index contributed by atoms with van der Waals surface area (Å²) in [5.41, 5.74) is -0.111. The number of pyridine rings is 1. The first-order valence-corrected chi connectivity index (χ1v) is 7.01. The van der Waals surface area contributed by atoms with Crippen molar-refractivity contribution in [2.75, 3.05) is 13.6 Å². The number of hydrogen-bond donors (Lipinski definition) is 0. The molecule has 0 amide bonds. The molecule has 0 aliphatic carbocycles. The SMILES string of the molecule is CN1CC(c2ccc(=O)n(-c3ccccc3)c2)C(C(F)(F)F)=N1. The van der Waals surface area contributed by atoms with Gasteiger partial charge in [-0.05, 0) is 17.7 Å². The van der Waals surface area contributed by atoms with Gasteiger partial charge in [-0.15, -0.1) is 0 Å². The van der Waals surface area contributed by atoms with E-state index in [1.165, 1.54) is 35.0 Å². The molecule has 3 rings (SSSR count). The molecule has 2 aromatic rings. The van der Waals surface area contributed by atoms with Crippen LogP contribution in [0.2, 0.25) is 0 Å². The summed E-state index contributed by atoms with van der Waals surface area (Å²) < 4.78 is 40.8. The minimum Gasteiger partial charge on any atom is -0.299 e. The quantitative estimate of drug-likeness (QED) is 0.853. The molecular formula is C16H14F3N3O. The van der Waals surface area contributed by atoms with Crippen LogP contribution in [0.25, 0.3) is 5.69 Å². The van der Waals surface area contributed by atoms with Gasteiger partial charge < -0.3 is 0 Å². The maximum atomic E-state index is 13.1. The molecule has 23 heavy (non-hydrogen) atoms. The van der Waals surface area contributed by atoms with Gasteiger partial charge >= 0.3 is 6.18 Å². The van der Waals surface area contributed by atoms with Crippen LogP contribution < -0.4 is 5.56 Å². The maximum absolute atomic E-state index is 13.1. The van der Waals surface area contributed by atoms with Gasteiger partial charge in [0.25, 0.3) is 5.56 Å². The molecule has 0 fully saturated rings. The molecule has 1 atom stereocenters. The van der Waals surface area contributed by atoms with E-state index in [-0.39, 0.29) is 12.1 Å². The molecule has 1 aliphatic heterocycles. The van der Waals surface area contributed by atoms with Crippen LogP contribution in [0.4, 0.5) is 13.2 Å². The Labute approximate surface area is 130 Å². The average Bonchev–Trinajstić information content (AvgIpc) is 2.91. The topological polar surface area (TPSA) is 37.6 Å². The third kappa shape index (κ3) is 2.99. The molecule has 1 unspecified atom stereocenters. The van der Waals surface area contributed by atoms with E-state index >= 15 is 0 Å². The Morgan fingerprint density at radius 1 is 1.13 bits per heavy atom. The zero-order valence-electron chi connectivity index (χ0n) is 12.3. The summed E-state index contributed by atoms with van der Waals surface area (Å²) >= 11 is 0. The molecule has 4 nitrogen and oxygen atoms in total. The highest BCUT2D eigenvalue weighted by Gasteiger charge is 2.45. The first-order chi connectivity index (χ1) is 10.9. The predicted molar refractivity (Wildman–Crippen MR) is 80.9 cm³/mol. The van der Waals surface area contributed by atoms with Crippen molar-refractivity contribution < 1.29 is 13.2 Å². The van der Waals surface area contributed by atoms with Crippen LogP contribution in [0.1, 0.15) is 11.5 Å². The van der Waals surface area contributed by atoms with Crippen molar-refractivity contribution in [2.24, 2.45) is 5.10 Å². The number of likely N-dealkylation sites (N-methyl/N-ethyl adjacent to an activating group) is 1. The van der Waals surface area contributed by atoms with Crippen molar-refractivity contribution in [2.45, 2.75) is 12.1 Å². The van der Waals surface area contributed by atoms with Crippen LogP contribution in [-0.2, 0) is 0 Å². The molecule has 120 valence electrons. The maximum Gasteiger partial charge on any atom is 0.431 e. The van der Waals surface area contributed by atoms with E-state index in [1.54, 1.807) is 30.3 Å². The second kappa shape index (κ2) is 5.57.